The van der Waals surface area contributed by atoms with Crippen LogP contribution in [0.2, 0.25) is 0 Å². The molecule has 1 heterocycles. The van der Waals surface area contributed by atoms with E-state index in [1.165, 1.54) is 33.4 Å². The first-order valence-electron chi connectivity index (χ1n) is 11.8. The lowest BCUT2D eigenvalue weighted by Crippen LogP contribution is -2.50. The number of likely N-dealkylation sites (tertiary alicyclic amines) is 1. The Hall–Kier alpha value is -2.59. The van der Waals surface area contributed by atoms with E-state index in [0.717, 1.165) is 25.1 Å². The largest absolute Gasteiger partial charge is 0.493 e. The summed E-state index contributed by atoms with van der Waals surface area (Å²) in [5, 5.41) is 9.09. The predicted molar refractivity (Wildman–Crippen MR) is 129 cm³/mol. The zero-order chi connectivity index (χ0) is 22.8. The monoisotopic (exact) mass is 433 g/mol. The molecule has 1 aliphatic carbocycles. The SMILES string of the molecule is CC1=C(CN2CC(C(=O)O)C2)CCc2cc(OCC(C)c3ccc(C(C)C)cc3)ccc21. The molecule has 1 aliphatic heterocycles. The van der Waals surface area contributed by atoms with Gasteiger partial charge in [-0.1, -0.05) is 56.7 Å². The Morgan fingerprint density at radius 2 is 1.75 bits per heavy atom. The van der Waals surface area contributed by atoms with E-state index < -0.39 is 5.97 Å². The summed E-state index contributed by atoms with van der Waals surface area (Å²) < 4.78 is 6.17. The van der Waals surface area contributed by atoms with Crippen molar-refractivity contribution in [1.82, 2.24) is 4.90 Å². The Labute approximate surface area is 191 Å². The molecule has 170 valence electrons. The van der Waals surface area contributed by atoms with Gasteiger partial charge < -0.3 is 9.84 Å². The fourth-order valence-electron chi connectivity index (χ4n) is 4.75. The quantitative estimate of drug-likeness (QED) is 0.578. The molecule has 0 aromatic heterocycles. The van der Waals surface area contributed by atoms with Crippen molar-refractivity contribution in [3.63, 3.8) is 0 Å². The summed E-state index contributed by atoms with van der Waals surface area (Å²) in [6, 6.07) is 15.4. The van der Waals surface area contributed by atoms with Crippen LogP contribution in [0, 0.1) is 5.92 Å². The maximum atomic E-state index is 11.0. The summed E-state index contributed by atoms with van der Waals surface area (Å²) >= 11 is 0. The van der Waals surface area contributed by atoms with Crippen LogP contribution in [0.1, 0.15) is 68.2 Å². The fourth-order valence-corrected chi connectivity index (χ4v) is 4.75. The molecule has 2 aliphatic rings. The second-order valence-corrected chi connectivity index (χ2v) is 9.81. The van der Waals surface area contributed by atoms with E-state index in [1.54, 1.807) is 0 Å². The molecule has 1 atom stereocenters. The van der Waals surface area contributed by atoms with Crippen LogP contribution in [-0.4, -0.2) is 42.2 Å². The first kappa shape index (κ1) is 22.6. The first-order chi connectivity index (χ1) is 15.3. The molecule has 0 bridgehead atoms. The van der Waals surface area contributed by atoms with E-state index in [9.17, 15) is 4.79 Å². The zero-order valence-electron chi connectivity index (χ0n) is 19.7. The van der Waals surface area contributed by atoms with Gasteiger partial charge in [0.25, 0.3) is 0 Å². The maximum absolute atomic E-state index is 11.0. The zero-order valence-corrected chi connectivity index (χ0v) is 19.7. The van der Waals surface area contributed by atoms with Gasteiger partial charge in [0.15, 0.2) is 0 Å². The van der Waals surface area contributed by atoms with Crippen LogP contribution in [0.5, 0.6) is 5.75 Å². The average molecular weight is 434 g/mol. The van der Waals surface area contributed by atoms with Crippen molar-refractivity contribution >= 4 is 11.5 Å². The molecule has 1 N–H and O–H groups in total. The molecule has 0 saturated carbocycles. The van der Waals surface area contributed by atoms with Crippen LogP contribution < -0.4 is 4.74 Å². The Balaban J connectivity index is 1.36. The number of fused-ring (bicyclic) bond motifs is 1. The summed E-state index contributed by atoms with van der Waals surface area (Å²) in [7, 11) is 0. The molecular weight excluding hydrogens is 398 g/mol. The third-order valence-electron chi connectivity index (χ3n) is 7.10. The van der Waals surface area contributed by atoms with E-state index in [0.29, 0.717) is 31.5 Å². The Kier molecular flexibility index (Phi) is 6.71. The highest BCUT2D eigenvalue weighted by atomic mass is 16.5. The normalized spacial score (nSPS) is 17.8. The number of aliphatic carboxylic acids is 1. The number of benzene rings is 2. The summed E-state index contributed by atoms with van der Waals surface area (Å²) in [6.45, 7) is 11.8. The number of hydrogen-bond donors (Lipinski definition) is 1. The number of carboxylic acids is 1. The molecule has 0 amide bonds. The minimum Gasteiger partial charge on any atom is -0.493 e. The van der Waals surface area contributed by atoms with Crippen molar-refractivity contribution in [2.45, 2.75) is 52.4 Å². The number of hydrogen-bond acceptors (Lipinski definition) is 3. The van der Waals surface area contributed by atoms with Crippen molar-refractivity contribution in [3.05, 3.63) is 70.3 Å². The second kappa shape index (κ2) is 9.50. The van der Waals surface area contributed by atoms with E-state index in [2.05, 4.69) is 75.1 Å². The molecule has 4 heteroatoms. The number of carboxylic acid groups (broad SMARTS) is 1. The van der Waals surface area contributed by atoms with Crippen LogP contribution in [0.15, 0.2) is 48.0 Å². The molecule has 2 aromatic rings. The summed E-state index contributed by atoms with van der Waals surface area (Å²) in [4.78, 5) is 13.3. The summed E-state index contributed by atoms with van der Waals surface area (Å²) in [6.07, 6.45) is 2.05. The van der Waals surface area contributed by atoms with Crippen molar-refractivity contribution < 1.29 is 14.6 Å². The molecule has 1 fully saturated rings. The predicted octanol–water partition coefficient (Wildman–Crippen LogP) is 5.73. The topological polar surface area (TPSA) is 49.8 Å². The van der Waals surface area contributed by atoms with Gasteiger partial charge >= 0.3 is 5.97 Å². The van der Waals surface area contributed by atoms with Gasteiger partial charge in [-0.15, -0.1) is 0 Å². The highest BCUT2D eigenvalue weighted by Crippen LogP contribution is 2.35. The summed E-state index contributed by atoms with van der Waals surface area (Å²) in [5.41, 5.74) is 8.13. The highest BCUT2D eigenvalue weighted by Gasteiger charge is 2.33. The maximum Gasteiger partial charge on any atom is 0.309 e. The number of ether oxygens (including phenoxy) is 1. The number of carbonyl (C=O) groups is 1. The number of aryl methyl sites for hydroxylation is 1. The van der Waals surface area contributed by atoms with Gasteiger partial charge in [-0.3, -0.25) is 9.69 Å². The first-order valence-corrected chi connectivity index (χ1v) is 11.8. The average Bonchev–Trinajstić information content (AvgIpc) is 2.75. The van der Waals surface area contributed by atoms with E-state index in [4.69, 9.17) is 9.84 Å². The lowest BCUT2D eigenvalue weighted by Gasteiger charge is -2.38. The molecule has 0 radical (unpaired) electrons. The van der Waals surface area contributed by atoms with E-state index in [1.807, 2.05) is 0 Å². The molecule has 2 aromatic carbocycles. The van der Waals surface area contributed by atoms with Gasteiger partial charge in [-0.2, -0.15) is 0 Å². The Morgan fingerprint density at radius 3 is 2.41 bits per heavy atom. The third kappa shape index (κ3) is 4.91. The highest BCUT2D eigenvalue weighted by molar-refractivity contribution is 5.73. The standard InChI is InChI=1S/C28H35NO3/c1-18(2)21-5-7-22(8-6-21)19(3)17-32-26-11-12-27-20(4)24(10-9-23(27)13-26)14-29-15-25(16-29)28(30)31/h5-8,11-13,18-19,25H,9-10,14-17H2,1-4H3,(H,30,31). The molecule has 1 unspecified atom stereocenters. The van der Waals surface area contributed by atoms with Gasteiger partial charge in [-0.25, -0.2) is 0 Å². The van der Waals surface area contributed by atoms with Crippen LogP contribution >= 0.6 is 0 Å². The third-order valence-corrected chi connectivity index (χ3v) is 7.10. The Morgan fingerprint density at radius 1 is 1.06 bits per heavy atom. The molecule has 4 rings (SSSR count). The van der Waals surface area contributed by atoms with Gasteiger partial charge in [0.2, 0.25) is 0 Å². The lowest BCUT2D eigenvalue weighted by atomic mass is 9.85. The molecule has 1 saturated heterocycles. The van der Waals surface area contributed by atoms with Crippen molar-refractivity contribution in [2.75, 3.05) is 26.2 Å². The van der Waals surface area contributed by atoms with Gasteiger partial charge in [-0.05, 0) is 65.6 Å². The van der Waals surface area contributed by atoms with Gasteiger partial charge in [0.1, 0.15) is 5.75 Å². The van der Waals surface area contributed by atoms with Crippen LogP contribution in [-0.2, 0) is 11.2 Å². The number of allylic oxidation sites excluding steroid dienone is 1. The van der Waals surface area contributed by atoms with Crippen molar-refractivity contribution in [2.24, 2.45) is 5.92 Å². The van der Waals surface area contributed by atoms with Crippen molar-refractivity contribution in [1.29, 1.82) is 0 Å². The van der Waals surface area contributed by atoms with Crippen molar-refractivity contribution in [3.8, 4) is 5.75 Å². The molecular formula is C28H35NO3. The minimum atomic E-state index is -0.671. The van der Waals surface area contributed by atoms with E-state index in [-0.39, 0.29) is 5.92 Å². The minimum absolute atomic E-state index is 0.193. The van der Waals surface area contributed by atoms with Gasteiger partial charge in [0.05, 0.1) is 12.5 Å². The van der Waals surface area contributed by atoms with Crippen LogP contribution in [0.25, 0.3) is 5.57 Å². The number of nitrogens with zero attached hydrogens (tertiary/aromatic N) is 1. The second-order valence-electron chi connectivity index (χ2n) is 9.81. The lowest BCUT2D eigenvalue weighted by molar-refractivity contribution is -0.147. The summed E-state index contributed by atoms with van der Waals surface area (Å²) in [5.74, 6) is 0.971. The molecule has 4 nitrogen and oxygen atoms in total. The van der Waals surface area contributed by atoms with Crippen LogP contribution in [0.3, 0.4) is 0 Å². The molecule has 32 heavy (non-hydrogen) atoms. The Bertz CT molecular complexity index is 1000. The van der Waals surface area contributed by atoms with E-state index >= 15 is 0 Å². The smallest absolute Gasteiger partial charge is 0.309 e. The number of rotatable bonds is 8. The van der Waals surface area contributed by atoms with Crippen LogP contribution in [0.4, 0.5) is 0 Å². The fraction of sp³-hybridized carbons (Fsp3) is 0.464. The van der Waals surface area contributed by atoms with Gasteiger partial charge in [0, 0.05) is 25.6 Å². The molecule has 0 spiro atoms.